The molecule has 3 nitrogen and oxygen atoms in total. The fraction of sp³-hybridized carbons (Fsp3) is 0.375. The van der Waals surface area contributed by atoms with Crippen molar-refractivity contribution in [3.8, 4) is 0 Å². The molecule has 1 aromatic heterocycles. The molecule has 1 rings (SSSR count). The lowest BCUT2D eigenvalue weighted by atomic mass is 10.2. The molecule has 0 fully saturated rings. The molecule has 0 aliphatic carbocycles. The van der Waals surface area contributed by atoms with Gasteiger partial charge in [-0.1, -0.05) is 6.92 Å². The Hall–Kier alpha value is -1.25. The van der Waals surface area contributed by atoms with Crippen LogP contribution in [0, 0.1) is 6.33 Å². The number of Topliss-reactive ketones (excluding diaryl/α,β-unsaturated/α-hetero) is 1. The predicted octanol–water partition coefficient (Wildman–Crippen LogP) is 1.26. The first-order valence-corrected chi connectivity index (χ1v) is 3.57. The fourth-order valence-corrected chi connectivity index (χ4v) is 0.772. The molecule has 0 saturated carbocycles. The summed E-state index contributed by atoms with van der Waals surface area (Å²) < 4.78 is 0. The molecule has 0 unspecified atom stereocenters. The van der Waals surface area contributed by atoms with E-state index >= 15 is 0 Å². The second kappa shape index (κ2) is 3.81. The van der Waals surface area contributed by atoms with E-state index in [1.165, 1.54) is 6.20 Å². The maximum absolute atomic E-state index is 11.1. The fourth-order valence-electron chi connectivity index (χ4n) is 0.772. The van der Waals surface area contributed by atoms with Gasteiger partial charge in [0.05, 0.1) is 0 Å². The summed E-state index contributed by atoms with van der Waals surface area (Å²) >= 11 is 0. The van der Waals surface area contributed by atoms with Gasteiger partial charge in [-0.15, -0.1) is 0 Å². The topological polar surface area (TPSA) is 42.9 Å². The average molecular weight is 149 g/mol. The van der Waals surface area contributed by atoms with Gasteiger partial charge in [-0.05, 0) is 12.5 Å². The zero-order valence-corrected chi connectivity index (χ0v) is 6.37. The summed E-state index contributed by atoms with van der Waals surface area (Å²) in [5.41, 5.74) is 0.460. The van der Waals surface area contributed by atoms with Crippen LogP contribution < -0.4 is 0 Å². The Balaban J connectivity index is 2.69. The Morgan fingerprint density at radius 1 is 1.73 bits per heavy atom. The van der Waals surface area contributed by atoms with E-state index in [0.717, 1.165) is 6.42 Å². The summed E-state index contributed by atoms with van der Waals surface area (Å²) in [5, 5.41) is 0. The van der Waals surface area contributed by atoms with Gasteiger partial charge in [0.2, 0.25) is 0 Å². The van der Waals surface area contributed by atoms with Crippen molar-refractivity contribution in [3.63, 3.8) is 0 Å². The van der Waals surface area contributed by atoms with E-state index in [4.69, 9.17) is 0 Å². The number of rotatable bonds is 3. The van der Waals surface area contributed by atoms with Crippen LogP contribution in [0.25, 0.3) is 0 Å². The van der Waals surface area contributed by atoms with Gasteiger partial charge in [-0.25, -0.2) is 9.97 Å². The number of aromatic nitrogens is 2. The molecule has 57 valence electrons. The molecule has 1 aromatic rings. The molecular weight excluding hydrogens is 140 g/mol. The van der Waals surface area contributed by atoms with Crippen molar-refractivity contribution in [3.05, 3.63) is 24.3 Å². The molecule has 0 bridgehead atoms. The van der Waals surface area contributed by atoms with Crippen LogP contribution in [0.4, 0.5) is 0 Å². The highest BCUT2D eigenvalue weighted by Gasteiger charge is 2.03. The Labute approximate surface area is 65.5 Å². The molecule has 0 aromatic carbocycles. The van der Waals surface area contributed by atoms with Gasteiger partial charge in [0.1, 0.15) is 5.69 Å². The minimum absolute atomic E-state index is 0.0613. The van der Waals surface area contributed by atoms with E-state index in [0.29, 0.717) is 12.1 Å². The van der Waals surface area contributed by atoms with E-state index < -0.39 is 0 Å². The van der Waals surface area contributed by atoms with Gasteiger partial charge in [-0.2, -0.15) is 0 Å². The van der Waals surface area contributed by atoms with Crippen LogP contribution in [-0.2, 0) is 0 Å². The molecule has 0 aliphatic rings. The first-order valence-electron chi connectivity index (χ1n) is 3.57. The second-order valence-corrected chi connectivity index (χ2v) is 2.22. The van der Waals surface area contributed by atoms with E-state index in [9.17, 15) is 4.79 Å². The first kappa shape index (κ1) is 7.85. The Bertz CT molecular complexity index is 233. The quantitative estimate of drug-likeness (QED) is 0.607. The Morgan fingerprint density at radius 2 is 2.55 bits per heavy atom. The van der Waals surface area contributed by atoms with Gasteiger partial charge in [0, 0.05) is 12.6 Å². The van der Waals surface area contributed by atoms with Gasteiger partial charge in [-0.3, -0.25) is 4.79 Å². The van der Waals surface area contributed by atoms with Crippen molar-refractivity contribution >= 4 is 5.78 Å². The SMILES string of the molecule is CCCC(=O)c1ccn[c]n1. The zero-order valence-electron chi connectivity index (χ0n) is 6.37. The molecule has 3 heteroatoms. The van der Waals surface area contributed by atoms with E-state index in [2.05, 4.69) is 16.3 Å². The highest BCUT2D eigenvalue weighted by atomic mass is 16.1. The summed E-state index contributed by atoms with van der Waals surface area (Å²) in [7, 11) is 0. The van der Waals surface area contributed by atoms with Gasteiger partial charge in [0.15, 0.2) is 12.1 Å². The van der Waals surface area contributed by atoms with Gasteiger partial charge >= 0.3 is 0 Å². The molecule has 11 heavy (non-hydrogen) atoms. The number of hydrogen-bond acceptors (Lipinski definition) is 3. The van der Waals surface area contributed by atoms with Crippen LogP contribution in [0.5, 0.6) is 0 Å². The minimum Gasteiger partial charge on any atom is -0.292 e. The summed E-state index contributed by atoms with van der Waals surface area (Å²) in [4.78, 5) is 18.4. The Kier molecular flexibility index (Phi) is 2.72. The number of carbonyl (C=O) groups is 1. The molecular formula is C8H9N2O. The van der Waals surface area contributed by atoms with Crippen LogP contribution in [0.1, 0.15) is 30.3 Å². The van der Waals surface area contributed by atoms with Crippen molar-refractivity contribution < 1.29 is 4.79 Å². The molecule has 0 aliphatic heterocycles. The highest BCUT2D eigenvalue weighted by Crippen LogP contribution is 1.98. The highest BCUT2D eigenvalue weighted by molar-refractivity contribution is 5.93. The largest absolute Gasteiger partial charge is 0.292 e. The molecule has 1 heterocycles. The number of ketones is 1. The summed E-state index contributed by atoms with van der Waals surface area (Å²) in [6, 6.07) is 1.61. The van der Waals surface area contributed by atoms with Crippen LogP contribution in [-0.4, -0.2) is 15.8 Å². The molecule has 0 spiro atoms. The third kappa shape index (κ3) is 2.11. The third-order valence-corrected chi connectivity index (χ3v) is 1.30. The average Bonchev–Trinajstić information content (AvgIpc) is 2.07. The van der Waals surface area contributed by atoms with Gasteiger partial charge in [0.25, 0.3) is 0 Å². The monoisotopic (exact) mass is 149 g/mol. The number of hydrogen-bond donors (Lipinski definition) is 0. The lowest BCUT2D eigenvalue weighted by molar-refractivity contribution is 0.0976. The lowest BCUT2D eigenvalue weighted by Gasteiger charge is -1.94. The predicted molar refractivity (Wildman–Crippen MR) is 40.1 cm³/mol. The van der Waals surface area contributed by atoms with Crippen molar-refractivity contribution in [2.75, 3.05) is 0 Å². The minimum atomic E-state index is 0.0613. The molecule has 0 atom stereocenters. The summed E-state index contributed by atoms with van der Waals surface area (Å²) in [6.45, 7) is 1.96. The van der Waals surface area contributed by atoms with Crippen LogP contribution in [0.2, 0.25) is 0 Å². The van der Waals surface area contributed by atoms with E-state index in [-0.39, 0.29) is 5.78 Å². The Morgan fingerprint density at radius 3 is 3.09 bits per heavy atom. The molecule has 0 saturated heterocycles. The smallest absolute Gasteiger partial charge is 0.198 e. The van der Waals surface area contributed by atoms with Crippen molar-refractivity contribution in [1.82, 2.24) is 9.97 Å². The van der Waals surface area contributed by atoms with Crippen molar-refractivity contribution in [2.24, 2.45) is 0 Å². The maximum atomic E-state index is 11.1. The molecule has 0 amide bonds. The lowest BCUT2D eigenvalue weighted by Crippen LogP contribution is -2.00. The van der Waals surface area contributed by atoms with E-state index in [1.807, 2.05) is 6.92 Å². The van der Waals surface area contributed by atoms with Crippen molar-refractivity contribution in [2.45, 2.75) is 19.8 Å². The van der Waals surface area contributed by atoms with E-state index in [1.54, 1.807) is 6.07 Å². The number of carbonyl (C=O) groups excluding carboxylic acids is 1. The second-order valence-electron chi connectivity index (χ2n) is 2.22. The molecule has 0 N–H and O–H groups in total. The van der Waals surface area contributed by atoms with Crippen molar-refractivity contribution in [1.29, 1.82) is 0 Å². The normalized spacial score (nSPS) is 9.55. The summed E-state index contributed by atoms with van der Waals surface area (Å²) in [6.07, 6.45) is 5.30. The summed E-state index contributed by atoms with van der Waals surface area (Å²) in [5.74, 6) is 0.0613. The van der Waals surface area contributed by atoms with Crippen LogP contribution in [0.15, 0.2) is 12.3 Å². The van der Waals surface area contributed by atoms with Crippen LogP contribution >= 0.6 is 0 Å². The molecule has 1 radical (unpaired) electrons. The standard InChI is InChI=1S/C8H9N2O/c1-2-3-8(11)7-4-5-9-6-10-7/h4-5H,2-3H2,1H3. The first-order chi connectivity index (χ1) is 5.34. The van der Waals surface area contributed by atoms with Gasteiger partial charge < -0.3 is 0 Å². The zero-order chi connectivity index (χ0) is 8.10. The maximum Gasteiger partial charge on any atom is 0.198 e. The third-order valence-electron chi connectivity index (χ3n) is 1.30. The van der Waals surface area contributed by atoms with Crippen LogP contribution in [0.3, 0.4) is 0 Å². The number of nitrogens with zero attached hydrogens (tertiary/aromatic N) is 2.